The van der Waals surface area contributed by atoms with Gasteiger partial charge < -0.3 is 10.2 Å². The average Bonchev–Trinajstić information content (AvgIpc) is 2.94. The van der Waals surface area contributed by atoms with E-state index < -0.39 is 0 Å². The topological polar surface area (TPSA) is 49.4 Å². The Morgan fingerprint density at radius 3 is 2.12 bits per heavy atom. The number of benzene rings is 2. The molecule has 0 bridgehead atoms. The molecule has 3 rings (SSSR count). The molecule has 1 N–H and O–H groups in total. The molecule has 0 unspecified atom stereocenters. The molecule has 26 heavy (non-hydrogen) atoms. The van der Waals surface area contributed by atoms with Crippen LogP contribution in [-0.2, 0) is 0 Å². The minimum atomic E-state index is -0.160. The fourth-order valence-corrected chi connectivity index (χ4v) is 3.30. The summed E-state index contributed by atoms with van der Waals surface area (Å²) in [5.74, 6) is -0.0964. The summed E-state index contributed by atoms with van der Waals surface area (Å²) >= 11 is 0. The number of amides is 2. The fraction of sp³-hybridized carbons (Fsp3) is 0.364. The number of carbonyl (C=O) groups is 2. The molecular weight excluding hydrogens is 324 g/mol. The van der Waals surface area contributed by atoms with E-state index >= 15 is 0 Å². The van der Waals surface area contributed by atoms with Crippen LogP contribution >= 0.6 is 0 Å². The Balaban J connectivity index is 1.69. The van der Waals surface area contributed by atoms with Gasteiger partial charge in [0, 0.05) is 29.9 Å². The van der Waals surface area contributed by atoms with E-state index in [2.05, 4.69) is 5.32 Å². The van der Waals surface area contributed by atoms with Crippen LogP contribution in [0, 0.1) is 13.8 Å². The third kappa shape index (κ3) is 4.13. The summed E-state index contributed by atoms with van der Waals surface area (Å²) in [6.45, 7) is 5.67. The van der Waals surface area contributed by atoms with Crippen LogP contribution in [0.1, 0.15) is 57.5 Å². The normalized spacial score (nSPS) is 14.6. The molecule has 1 saturated heterocycles. The fourth-order valence-electron chi connectivity index (χ4n) is 3.30. The Morgan fingerprint density at radius 1 is 0.846 bits per heavy atom. The summed E-state index contributed by atoms with van der Waals surface area (Å²) in [7, 11) is 0. The van der Waals surface area contributed by atoms with Crippen LogP contribution in [0.5, 0.6) is 0 Å². The lowest BCUT2D eigenvalue weighted by atomic mass is 10.1. The molecule has 2 aromatic carbocycles. The number of likely N-dealkylation sites (tertiary alicyclic amines) is 1. The second kappa shape index (κ2) is 8.17. The molecule has 4 nitrogen and oxygen atoms in total. The molecule has 0 aromatic heterocycles. The maximum Gasteiger partial charge on any atom is 0.255 e. The molecule has 0 atom stereocenters. The Labute approximate surface area is 155 Å². The highest BCUT2D eigenvalue weighted by Gasteiger charge is 2.17. The Hall–Kier alpha value is -2.62. The maximum atomic E-state index is 12.6. The molecule has 136 valence electrons. The zero-order valence-electron chi connectivity index (χ0n) is 15.5. The van der Waals surface area contributed by atoms with Crippen LogP contribution in [0.25, 0.3) is 0 Å². The SMILES string of the molecule is Cc1cccc(NC(=O)c2ccc(C(=O)N3CCCCCC3)cc2)c1C. The molecule has 0 radical (unpaired) electrons. The van der Waals surface area contributed by atoms with E-state index in [1.165, 1.54) is 12.8 Å². The van der Waals surface area contributed by atoms with Crippen LogP contribution in [0.2, 0.25) is 0 Å². The highest BCUT2D eigenvalue weighted by atomic mass is 16.2. The summed E-state index contributed by atoms with van der Waals surface area (Å²) in [6.07, 6.45) is 4.53. The molecule has 1 heterocycles. The molecular formula is C22H26N2O2. The molecule has 1 aliphatic rings. The van der Waals surface area contributed by atoms with Crippen molar-refractivity contribution < 1.29 is 9.59 Å². The average molecular weight is 350 g/mol. The maximum absolute atomic E-state index is 12.6. The van der Waals surface area contributed by atoms with Crippen LogP contribution in [0.15, 0.2) is 42.5 Å². The zero-order chi connectivity index (χ0) is 18.5. The van der Waals surface area contributed by atoms with E-state index in [4.69, 9.17) is 0 Å². The van der Waals surface area contributed by atoms with E-state index in [1.807, 2.05) is 36.9 Å². The quantitative estimate of drug-likeness (QED) is 0.881. The van der Waals surface area contributed by atoms with E-state index in [9.17, 15) is 9.59 Å². The lowest BCUT2D eigenvalue weighted by Crippen LogP contribution is -2.31. The Bertz CT molecular complexity index is 788. The van der Waals surface area contributed by atoms with Crippen molar-refractivity contribution in [2.75, 3.05) is 18.4 Å². The van der Waals surface area contributed by atoms with Gasteiger partial charge in [-0.05, 0) is 68.1 Å². The van der Waals surface area contributed by atoms with Gasteiger partial charge in [0.05, 0.1) is 0 Å². The van der Waals surface area contributed by atoms with Crippen molar-refractivity contribution in [2.24, 2.45) is 0 Å². The van der Waals surface area contributed by atoms with Crippen molar-refractivity contribution in [3.05, 3.63) is 64.7 Å². The van der Waals surface area contributed by atoms with Crippen molar-refractivity contribution in [3.8, 4) is 0 Å². The third-order valence-corrected chi connectivity index (χ3v) is 5.14. The molecule has 0 aliphatic carbocycles. The number of aryl methyl sites for hydroxylation is 1. The van der Waals surface area contributed by atoms with Crippen molar-refractivity contribution in [1.29, 1.82) is 0 Å². The van der Waals surface area contributed by atoms with E-state index in [0.717, 1.165) is 42.7 Å². The number of nitrogens with one attached hydrogen (secondary N) is 1. The van der Waals surface area contributed by atoms with Gasteiger partial charge in [0.1, 0.15) is 0 Å². The highest BCUT2D eigenvalue weighted by molar-refractivity contribution is 6.05. The second-order valence-electron chi connectivity index (χ2n) is 6.99. The summed E-state index contributed by atoms with van der Waals surface area (Å²) in [5.41, 5.74) is 4.23. The first-order valence-corrected chi connectivity index (χ1v) is 9.33. The summed E-state index contributed by atoms with van der Waals surface area (Å²) in [4.78, 5) is 27.1. The molecule has 1 aliphatic heterocycles. The summed E-state index contributed by atoms with van der Waals surface area (Å²) < 4.78 is 0. The van der Waals surface area contributed by atoms with E-state index in [-0.39, 0.29) is 11.8 Å². The van der Waals surface area contributed by atoms with Gasteiger partial charge in [-0.25, -0.2) is 0 Å². The lowest BCUT2D eigenvalue weighted by molar-refractivity contribution is 0.0761. The van der Waals surface area contributed by atoms with Crippen LogP contribution < -0.4 is 5.32 Å². The van der Waals surface area contributed by atoms with Crippen molar-refractivity contribution in [3.63, 3.8) is 0 Å². The summed E-state index contributed by atoms with van der Waals surface area (Å²) in [6, 6.07) is 12.8. The minimum absolute atomic E-state index is 0.0633. The van der Waals surface area contributed by atoms with Gasteiger partial charge in [-0.1, -0.05) is 25.0 Å². The van der Waals surface area contributed by atoms with Crippen molar-refractivity contribution in [2.45, 2.75) is 39.5 Å². The monoisotopic (exact) mass is 350 g/mol. The number of hydrogen-bond donors (Lipinski definition) is 1. The molecule has 2 aromatic rings. The van der Waals surface area contributed by atoms with Gasteiger partial charge in [-0.3, -0.25) is 9.59 Å². The molecule has 0 spiro atoms. The predicted octanol–water partition coefficient (Wildman–Crippen LogP) is 4.57. The zero-order valence-corrected chi connectivity index (χ0v) is 15.5. The number of hydrogen-bond acceptors (Lipinski definition) is 2. The minimum Gasteiger partial charge on any atom is -0.339 e. The predicted molar refractivity (Wildman–Crippen MR) is 105 cm³/mol. The molecule has 0 saturated carbocycles. The molecule has 1 fully saturated rings. The molecule has 4 heteroatoms. The first-order chi connectivity index (χ1) is 12.6. The highest BCUT2D eigenvalue weighted by Crippen LogP contribution is 2.19. The van der Waals surface area contributed by atoms with Crippen molar-refractivity contribution in [1.82, 2.24) is 4.90 Å². The Morgan fingerprint density at radius 2 is 1.46 bits per heavy atom. The number of anilines is 1. The first-order valence-electron chi connectivity index (χ1n) is 9.33. The smallest absolute Gasteiger partial charge is 0.255 e. The number of carbonyl (C=O) groups excluding carboxylic acids is 2. The van der Waals surface area contributed by atoms with E-state index in [0.29, 0.717) is 11.1 Å². The Kier molecular flexibility index (Phi) is 5.71. The van der Waals surface area contributed by atoms with Gasteiger partial charge in [0.25, 0.3) is 11.8 Å². The largest absolute Gasteiger partial charge is 0.339 e. The van der Waals surface area contributed by atoms with Crippen LogP contribution in [0.4, 0.5) is 5.69 Å². The van der Waals surface area contributed by atoms with E-state index in [1.54, 1.807) is 24.3 Å². The van der Waals surface area contributed by atoms with Gasteiger partial charge in [-0.2, -0.15) is 0 Å². The van der Waals surface area contributed by atoms with Crippen LogP contribution in [-0.4, -0.2) is 29.8 Å². The lowest BCUT2D eigenvalue weighted by Gasteiger charge is -2.20. The number of rotatable bonds is 3. The van der Waals surface area contributed by atoms with Gasteiger partial charge in [0.15, 0.2) is 0 Å². The molecule has 2 amide bonds. The van der Waals surface area contributed by atoms with Gasteiger partial charge >= 0.3 is 0 Å². The standard InChI is InChI=1S/C22H26N2O2/c1-16-8-7-9-20(17(16)2)23-21(25)18-10-12-19(13-11-18)22(26)24-14-5-3-4-6-15-24/h7-13H,3-6,14-15H2,1-2H3,(H,23,25). The van der Waals surface area contributed by atoms with Gasteiger partial charge in [0.2, 0.25) is 0 Å². The first kappa shape index (κ1) is 18.2. The van der Waals surface area contributed by atoms with Gasteiger partial charge in [-0.15, -0.1) is 0 Å². The third-order valence-electron chi connectivity index (χ3n) is 5.14. The van der Waals surface area contributed by atoms with Crippen LogP contribution in [0.3, 0.4) is 0 Å². The second-order valence-corrected chi connectivity index (χ2v) is 6.99. The summed E-state index contributed by atoms with van der Waals surface area (Å²) in [5, 5.41) is 2.95. The van der Waals surface area contributed by atoms with Crippen molar-refractivity contribution >= 4 is 17.5 Å². The number of nitrogens with zero attached hydrogens (tertiary/aromatic N) is 1.